The van der Waals surface area contributed by atoms with Crippen molar-refractivity contribution in [2.24, 2.45) is 0 Å². The lowest BCUT2D eigenvalue weighted by atomic mass is 10.2. The Labute approximate surface area is 76.1 Å². The van der Waals surface area contributed by atoms with E-state index in [0.29, 0.717) is 13.1 Å². The van der Waals surface area contributed by atoms with Crippen molar-refractivity contribution in [3.63, 3.8) is 0 Å². The SMILES string of the molecule is N#CC1CNCCN1C(=O)CCl. The highest BCUT2D eigenvalue weighted by Gasteiger charge is 2.25. The summed E-state index contributed by atoms with van der Waals surface area (Å²) in [5.74, 6) is -0.206. The third kappa shape index (κ3) is 1.87. The van der Waals surface area contributed by atoms with Gasteiger partial charge in [0.05, 0.1) is 6.07 Å². The van der Waals surface area contributed by atoms with Gasteiger partial charge in [0.25, 0.3) is 0 Å². The van der Waals surface area contributed by atoms with Crippen LogP contribution >= 0.6 is 11.6 Å². The van der Waals surface area contributed by atoms with Gasteiger partial charge in [0.15, 0.2) is 0 Å². The minimum Gasteiger partial charge on any atom is -0.323 e. The third-order valence-corrected chi connectivity index (χ3v) is 2.06. The van der Waals surface area contributed by atoms with Crippen LogP contribution in [0.5, 0.6) is 0 Å². The van der Waals surface area contributed by atoms with Crippen LogP contribution in [0.2, 0.25) is 0 Å². The summed E-state index contributed by atoms with van der Waals surface area (Å²) in [5.41, 5.74) is 0. The maximum atomic E-state index is 11.2. The van der Waals surface area contributed by atoms with E-state index >= 15 is 0 Å². The van der Waals surface area contributed by atoms with E-state index in [2.05, 4.69) is 11.4 Å². The fourth-order valence-electron chi connectivity index (χ4n) is 1.19. The lowest BCUT2D eigenvalue weighted by Gasteiger charge is -2.31. The average molecular weight is 188 g/mol. The Kier molecular flexibility index (Phi) is 3.32. The molecule has 1 rings (SSSR count). The summed E-state index contributed by atoms with van der Waals surface area (Å²) in [4.78, 5) is 12.7. The van der Waals surface area contributed by atoms with Gasteiger partial charge < -0.3 is 10.2 Å². The molecule has 66 valence electrons. The topological polar surface area (TPSA) is 56.1 Å². The Hall–Kier alpha value is -0.790. The van der Waals surface area contributed by atoms with Crippen molar-refractivity contribution < 1.29 is 4.79 Å². The third-order valence-electron chi connectivity index (χ3n) is 1.83. The minimum absolute atomic E-state index is 0.0435. The number of rotatable bonds is 1. The average Bonchev–Trinajstić information content (AvgIpc) is 2.16. The monoisotopic (exact) mass is 187 g/mol. The molecule has 1 amide bonds. The molecule has 4 nitrogen and oxygen atoms in total. The maximum Gasteiger partial charge on any atom is 0.238 e. The summed E-state index contributed by atoms with van der Waals surface area (Å²) in [7, 11) is 0. The van der Waals surface area contributed by atoms with Crippen LogP contribution < -0.4 is 5.32 Å². The molecular weight excluding hydrogens is 178 g/mol. The van der Waals surface area contributed by atoms with E-state index in [-0.39, 0.29) is 17.8 Å². The Bertz CT molecular complexity index is 213. The van der Waals surface area contributed by atoms with E-state index in [4.69, 9.17) is 16.9 Å². The van der Waals surface area contributed by atoms with Gasteiger partial charge in [0.1, 0.15) is 11.9 Å². The molecule has 0 radical (unpaired) electrons. The van der Waals surface area contributed by atoms with Crippen LogP contribution in [0.4, 0.5) is 0 Å². The first-order chi connectivity index (χ1) is 5.79. The highest BCUT2D eigenvalue weighted by atomic mass is 35.5. The molecule has 12 heavy (non-hydrogen) atoms. The van der Waals surface area contributed by atoms with Gasteiger partial charge in [-0.2, -0.15) is 5.26 Å². The molecule has 1 unspecified atom stereocenters. The van der Waals surface area contributed by atoms with Crippen molar-refractivity contribution in [3.05, 3.63) is 0 Å². The number of hydrogen-bond acceptors (Lipinski definition) is 3. The highest BCUT2D eigenvalue weighted by molar-refractivity contribution is 6.27. The molecule has 1 heterocycles. The number of piperazine rings is 1. The lowest BCUT2D eigenvalue weighted by molar-refractivity contribution is -0.130. The number of carbonyl (C=O) groups excluding carboxylic acids is 1. The Morgan fingerprint density at radius 2 is 2.58 bits per heavy atom. The summed E-state index contributed by atoms with van der Waals surface area (Å²) < 4.78 is 0. The summed E-state index contributed by atoms with van der Waals surface area (Å²) in [6, 6.07) is 1.70. The second kappa shape index (κ2) is 4.29. The second-order valence-electron chi connectivity index (χ2n) is 2.57. The normalized spacial score (nSPS) is 23.3. The predicted octanol–water partition coefficient (Wildman–Crippen LogP) is -0.451. The standard InChI is InChI=1S/C7H10ClN3O/c8-3-7(12)11-2-1-10-5-6(11)4-9/h6,10H,1-3,5H2. The van der Waals surface area contributed by atoms with E-state index in [0.717, 1.165) is 6.54 Å². The Morgan fingerprint density at radius 1 is 1.83 bits per heavy atom. The molecular formula is C7H10ClN3O. The van der Waals surface area contributed by atoms with Crippen LogP contribution in [-0.4, -0.2) is 42.4 Å². The fraction of sp³-hybridized carbons (Fsp3) is 0.714. The van der Waals surface area contributed by atoms with Gasteiger partial charge in [-0.05, 0) is 0 Å². The van der Waals surface area contributed by atoms with Crippen LogP contribution in [0, 0.1) is 11.3 Å². The predicted molar refractivity (Wildman–Crippen MR) is 44.7 cm³/mol. The number of carbonyl (C=O) groups is 1. The smallest absolute Gasteiger partial charge is 0.238 e. The molecule has 0 bridgehead atoms. The van der Waals surface area contributed by atoms with Crippen molar-refractivity contribution in [3.8, 4) is 6.07 Å². The Balaban J connectivity index is 2.60. The summed E-state index contributed by atoms with van der Waals surface area (Å²) in [5, 5.41) is 11.7. The van der Waals surface area contributed by atoms with Gasteiger partial charge >= 0.3 is 0 Å². The van der Waals surface area contributed by atoms with Gasteiger partial charge in [-0.1, -0.05) is 0 Å². The molecule has 0 spiro atoms. The van der Waals surface area contributed by atoms with Crippen molar-refractivity contribution in [2.45, 2.75) is 6.04 Å². The molecule has 0 aromatic carbocycles. The van der Waals surface area contributed by atoms with Crippen molar-refractivity contribution in [1.82, 2.24) is 10.2 Å². The van der Waals surface area contributed by atoms with Crippen LogP contribution in [0.1, 0.15) is 0 Å². The number of amides is 1. The van der Waals surface area contributed by atoms with E-state index in [1.165, 1.54) is 4.90 Å². The Morgan fingerprint density at radius 3 is 3.17 bits per heavy atom. The number of halogens is 1. The zero-order chi connectivity index (χ0) is 8.97. The van der Waals surface area contributed by atoms with Gasteiger partial charge in [-0.3, -0.25) is 4.79 Å². The molecule has 1 N–H and O–H groups in total. The van der Waals surface area contributed by atoms with Crippen LogP contribution in [-0.2, 0) is 4.79 Å². The van der Waals surface area contributed by atoms with Crippen LogP contribution in [0.25, 0.3) is 0 Å². The molecule has 0 aromatic rings. The number of nitrogens with one attached hydrogen (secondary N) is 1. The second-order valence-corrected chi connectivity index (χ2v) is 2.84. The number of nitrogens with zero attached hydrogens (tertiary/aromatic N) is 2. The quantitative estimate of drug-likeness (QED) is 0.566. The van der Waals surface area contributed by atoms with Crippen LogP contribution in [0.3, 0.4) is 0 Å². The summed E-state index contributed by atoms with van der Waals surface area (Å²) in [6.45, 7) is 1.85. The molecule has 0 aromatic heterocycles. The van der Waals surface area contributed by atoms with E-state index in [1.807, 2.05) is 0 Å². The van der Waals surface area contributed by atoms with E-state index < -0.39 is 0 Å². The van der Waals surface area contributed by atoms with Gasteiger partial charge in [0, 0.05) is 19.6 Å². The molecule has 1 aliphatic rings. The van der Waals surface area contributed by atoms with E-state index in [1.54, 1.807) is 0 Å². The van der Waals surface area contributed by atoms with Crippen LogP contribution in [0.15, 0.2) is 0 Å². The highest BCUT2D eigenvalue weighted by Crippen LogP contribution is 2.03. The first-order valence-electron chi connectivity index (χ1n) is 3.75. The van der Waals surface area contributed by atoms with E-state index in [9.17, 15) is 4.79 Å². The molecule has 1 fully saturated rings. The molecule has 0 aliphatic carbocycles. The van der Waals surface area contributed by atoms with Gasteiger partial charge in [0.2, 0.25) is 5.91 Å². The largest absolute Gasteiger partial charge is 0.323 e. The molecule has 5 heteroatoms. The van der Waals surface area contributed by atoms with Crippen molar-refractivity contribution in [1.29, 1.82) is 5.26 Å². The first kappa shape index (κ1) is 9.30. The summed E-state index contributed by atoms with van der Waals surface area (Å²) >= 11 is 5.39. The maximum absolute atomic E-state index is 11.2. The zero-order valence-corrected chi connectivity index (χ0v) is 7.34. The fourth-order valence-corrected chi connectivity index (χ4v) is 1.35. The number of nitriles is 1. The lowest BCUT2D eigenvalue weighted by Crippen LogP contribution is -2.53. The number of hydrogen-bond donors (Lipinski definition) is 1. The molecule has 1 atom stereocenters. The van der Waals surface area contributed by atoms with Crippen molar-refractivity contribution >= 4 is 17.5 Å². The van der Waals surface area contributed by atoms with Gasteiger partial charge in [-0.15, -0.1) is 11.6 Å². The summed E-state index contributed by atoms with van der Waals surface area (Å²) in [6.07, 6.45) is 0. The molecule has 1 aliphatic heterocycles. The van der Waals surface area contributed by atoms with Crippen molar-refractivity contribution in [2.75, 3.05) is 25.5 Å². The van der Waals surface area contributed by atoms with Gasteiger partial charge in [-0.25, -0.2) is 0 Å². The zero-order valence-electron chi connectivity index (χ0n) is 6.59. The molecule has 0 saturated carbocycles. The minimum atomic E-state index is -0.356. The first-order valence-corrected chi connectivity index (χ1v) is 4.29. The molecule has 1 saturated heterocycles. The number of alkyl halides is 1.